The molecule has 0 spiro atoms. The lowest BCUT2D eigenvalue weighted by Gasteiger charge is -2.37. The van der Waals surface area contributed by atoms with Crippen molar-refractivity contribution in [2.75, 3.05) is 13.1 Å². The molecule has 1 aliphatic heterocycles. The first-order valence-electron chi connectivity index (χ1n) is 7.31. The van der Waals surface area contributed by atoms with Gasteiger partial charge in [0.15, 0.2) is 0 Å². The van der Waals surface area contributed by atoms with E-state index in [4.69, 9.17) is 5.73 Å². The third kappa shape index (κ3) is 4.02. The molecule has 1 aliphatic rings. The summed E-state index contributed by atoms with van der Waals surface area (Å²) in [5.41, 5.74) is 7.22. The van der Waals surface area contributed by atoms with Crippen molar-refractivity contribution in [2.45, 2.75) is 45.2 Å². The Labute approximate surface area is 115 Å². The van der Waals surface area contributed by atoms with Gasteiger partial charge in [0.05, 0.1) is 0 Å². The monoisotopic (exact) mass is 264 g/mol. The molecular weight excluding hydrogens is 239 g/mol. The molecule has 3 unspecified atom stereocenters. The lowest BCUT2D eigenvalue weighted by atomic mass is 9.94. The molecular formula is C16H25FN2. The highest BCUT2D eigenvalue weighted by atomic mass is 19.1. The van der Waals surface area contributed by atoms with Crippen molar-refractivity contribution in [2.24, 2.45) is 11.7 Å². The molecule has 3 atom stereocenters. The zero-order chi connectivity index (χ0) is 13.8. The van der Waals surface area contributed by atoms with Crippen molar-refractivity contribution in [3.63, 3.8) is 0 Å². The average molecular weight is 264 g/mol. The Hall–Kier alpha value is -0.930. The van der Waals surface area contributed by atoms with Crippen molar-refractivity contribution >= 4 is 0 Å². The first kappa shape index (κ1) is 14.5. The van der Waals surface area contributed by atoms with E-state index in [9.17, 15) is 4.39 Å². The predicted octanol–water partition coefficient (Wildman–Crippen LogP) is 3.34. The number of hydrogen-bond acceptors (Lipinski definition) is 2. The highest BCUT2D eigenvalue weighted by Gasteiger charge is 2.22. The molecule has 0 amide bonds. The molecule has 1 saturated heterocycles. The largest absolute Gasteiger partial charge is 0.324 e. The maximum Gasteiger partial charge on any atom is 0.123 e. The number of likely N-dealkylation sites (tertiary alicyclic amines) is 1. The molecule has 3 heteroatoms. The smallest absolute Gasteiger partial charge is 0.123 e. The lowest BCUT2D eigenvalue weighted by molar-refractivity contribution is 0.121. The summed E-state index contributed by atoms with van der Waals surface area (Å²) in [6.45, 7) is 6.83. The topological polar surface area (TPSA) is 29.3 Å². The number of piperidine rings is 1. The molecule has 19 heavy (non-hydrogen) atoms. The van der Waals surface area contributed by atoms with Crippen LogP contribution >= 0.6 is 0 Å². The van der Waals surface area contributed by atoms with Gasteiger partial charge in [0, 0.05) is 25.2 Å². The second-order valence-electron chi connectivity index (χ2n) is 5.97. The summed E-state index contributed by atoms with van der Waals surface area (Å²) < 4.78 is 12.9. The second-order valence-corrected chi connectivity index (χ2v) is 5.97. The predicted molar refractivity (Wildman–Crippen MR) is 77.4 cm³/mol. The van der Waals surface area contributed by atoms with E-state index in [1.54, 1.807) is 12.1 Å². The van der Waals surface area contributed by atoms with Gasteiger partial charge in [0.25, 0.3) is 0 Å². The number of halogens is 1. The molecule has 0 radical (unpaired) electrons. The molecule has 1 aromatic rings. The number of benzene rings is 1. The molecule has 2 rings (SSSR count). The van der Waals surface area contributed by atoms with Gasteiger partial charge < -0.3 is 10.6 Å². The summed E-state index contributed by atoms with van der Waals surface area (Å²) in [6, 6.07) is 7.23. The van der Waals surface area contributed by atoms with Crippen LogP contribution in [0.1, 0.15) is 44.7 Å². The molecule has 1 heterocycles. The molecule has 106 valence electrons. The number of rotatable bonds is 4. The first-order chi connectivity index (χ1) is 9.06. The maximum atomic E-state index is 12.9. The zero-order valence-electron chi connectivity index (χ0n) is 12.0. The van der Waals surface area contributed by atoms with Crippen molar-refractivity contribution in [3.05, 3.63) is 35.6 Å². The fourth-order valence-electron chi connectivity index (χ4n) is 2.87. The Morgan fingerprint density at radius 2 is 1.95 bits per heavy atom. The third-order valence-electron chi connectivity index (χ3n) is 4.27. The van der Waals surface area contributed by atoms with Gasteiger partial charge in [-0.05, 0) is 49.8 Å². The Bertz CT molecular complexity index is 390. The number of nitrogens with zero attached hydrogens (tertiary/aromatic N) is 1. The molecule has 0 bridgehead atoms. The summed E-state index contributed by atoms with van der Waals surface area (Å²) in [7, 11) is 0. The van der Waals surface area contributed by atoms with Gasteiger partial charge in [-0.25, -0.2) is 4.39 Å². The number of hydrogen-bond donors (Lipinski definition) is 1. The van der Waals surface area contributed by atoms with E-state index in [1.165, 1.54) is 31.5 Å². The quantitative estimate of drug-likeness (QED) is 0.903. The van der Waals surface area contributed by atoms with Gasteiger partial charge in [-0.2, -0.15) is 0 Å². The van der Waals surface area contributed by atoms with Gasteiger partial charge in [0.2, 0.25) is 0 Å². The highest BCUT2D eigenvalue weighted by molar-refractivity contribution is 5.19. The van der Waals surface area contributed by atoms with Crippen LogP contribution in [-0.4, -0.2) is 24.0 Å². The van der Waals surface area contributed by atoms with Crippen molar-refractivity contribution in [3.8, 4) is 0 Å². The van der Waals surface area contributed by atoms with Gasteiger partial charge >= 0.3 is 0 Å². The minimum absolute atomic E-state index is 0.00466. The van der Waals surface area contributed by atoms with E-state index >= 15 is 0 Å². The Morgan fingerprint density at radius 1 is 1.26 bits per heavy atom. The molecule has 2 nitrogen and oxygen atoms in total. The SMILES string of the molecule is CC1CCC(C)N(CCC(N)c2ccc(F)cc2)C1. The fraction of sp³-hybridized carbons (Fsp3) is 0.625. The second kappa shape index (κ2) is 6.49. The maximum absolute atomic E-state index is 12.9. The van der Waals surface area contributed by atoms with E-state index in [0.717, 1.165) is 24.4 Å². The fourth-order valence-corrected chi connectivity index (χ4v) is 2.87. The first-order valence-corrected chi connectivity index (χ1v) is 7.31. The van der Waals surface area contributed by atoms with Crippen molar-refractivity contribution < 1.29 is 4.39 Å². The van der Waals surface area contributed by atoms with Crippen LogP contribution in [0.4, 0.5) is 4.39 Å². The average Bonchev–Trinajstić information content (AvgIpc) is 2.40. The standard InChI is InChI=1S/C16H25FN2/c1-12-3-4-13(2)19(11-12)10-9-16(18)14-5-7-15(17)8-6-14/h5-8,12-13,16H,3-4,9-11,18H2,1-2H3. The Balaban J connectivity index is 1.85. The van der Waals surface area contributed by atoms with Crippen LogP contribution in [0.2, 0.25) is 0 Å². The van der Waals surface area contributed by atoms with Gasteiger partial charge in [0.1, 0.15) is 5.82 Å². The van der Waals surface area contributed by atoms with E-state index in [1.807, 2.05) is 0 Å². The molecule has 0 saturated carbocycles. The van der Waals surface area contributed by atoms with Crippen LogP contribution in [0.25, 0.3) is 0 Å². The minimum atomic E-state index is -0.200. The van der Waals surface area contributed by atoms with E-state index in [2.05, 4.69) is 18.7 Å². The van der Waals surface area contributed by atoms with E-state index < -0.39 is 0 Å². The zero-order valence-corrected chi connectivity index (χ0v) is 12.0. The molecule has 0 aliphatic carbocycles. The van der Waals surface area contributed by atoms with Crippen LogP contribution in [0, 0.1) is 11.7 Å². The molecule has 1 fully saturated rings. The van der Waals surface area contributed by atoms with Crippen LogP contribution < -0.4 is 5.73 Å². The van der Waals surface area contributed by atoms with E-state index in [0.29, 0.717) is 6.04 Å². The van der Waals surface area contributed by atoms with E-state index in [-0.39, 0.29) is 11.9 Å². The van der Waals surface area contributed by atoms with Crippen molar-refractivity contribution in [1.82, 2.24) is 4.90 Å². The van der Waals surface area contributed by atoms with Gasteiger partial charge in [-0.3, -0.25) is 0 Å². The summed E-state index contributed by atoms with van der Waals surface area (Å²) in [5.74, 6) is 0.590. The summed E-state index contributed by atoms with van der Waals surface area (Å²) >= 11 is 0. The Kier molecular flexibility index (Phi) is 4.94. The highest BCUT2D eigenvalue weighted by Crippen LogP contribution is 2.23. The summed E-state index contributed by atoms with van der Waals surface area (Å²) in [6.07, 6.45) is 3.55. The molecule has 2 N–H and O–H groups in total. The lowest BCUT2D eigenvalue weighted by Crippen LogP contribution is -2.42. The van der Waals surface area contributed by atoms with Crippen molar-refractivity contribution in [1.29, 1.82) is 0 Å². The molecule has 1 aromatic carbocycles. The van der Waals surface area contributed by atoms with Gasteiger partial charge in [-0.15, -0.1) is 0 Å². The normalized spacial score (nSPS) is 26.3. The minimum Gasteiger partial charge on any atom is -0.324 e. The molecule has 0 aromatic heterocycles. The summed E-state index contributed by atoms with van der Waals surface area (Å²) in [5, 5.41) is 0. The van der Waals surface area contributed by atoms with Crippen LogP contribution in [0.15, 0.2) is 24.3 Å². The number of nitrogens with two attached hydrogens (primary N) is 1. The summed E-state index contributed by atoms with van der Waals surface area (Å²) in [4.78, 5) is 2.54. The Morgan fingerprint density at radius 3 is 2.63 bits per heavy atom. The van der Waals surface area contributed by atoms with Crippen LogP contribution in [0.5, 0.6) is 0 Å². The van der Waals surface area contributed by atoms with Crippen LogP contribution in [-0.2, 0) is 0 Å². The third-order valence-corrected chi connectivity index (χ3v) is 4.27. The van der Waals surface area contributed by atoms with Crippen LogP contribution in [0.3, 0.4) is 0 Å². The van der Waals surface area contributed by atoms with Gasteiger partial charge in [-0.1, -0.05) is 19.1 Å².